The van der Waals surface area contributed by atoms with Gasteiger partial charge in [-0.2, -0.15) is 0 Å². The standard InChI is InChI=1S/C16H26O2/c1-4-16(18-15(17)12(2)3)10-9-13-7-5-6-8-14(13)11-16/h13-14H,2,4-11H2,1,3H3. The maximum atomic E-state index is 11.8. The molecule has 0 heterocycles. The lowest BCUT2D eigenvalue weighted by atomic mass is 9.65. The largest absolute Gasteiger partial charge is 0.456 e. The van der Waals surface area contributed by atoms with Crippen LogP contribution in [-0.2, 0) is 9.53 Å². The summed E-state index contributed by atoms with van der Waals surface area (Å²) in [4.78, 5) is 11.8. The van der Waals surface area contributed by atoms with E-state index in [0.717, 1.165) is 31.1 Å². The first-order chi connectivity index (χ1) is 8.56. The minimum atomic E-state index is -0.203. The molecule has 18 heavy (non-hydrogen) atoms. The van der Waals surface area contributed by atoms with Gasteiger partial charge in [-0.1, -0.05) is 39.2 Å². The van der Waals surface area contributed by atoms with Gasteiger partial charge in [0.05, 0.1) is 0 Å². The number of hydrogen-bond acceptors (Lipinski definition) is 2. The molecule has 2 aliphatic rings. The van der Waals surface area contributed by atoms with Crippen molar-refractivity contribution in [3.63, 3.8) is 0 Å². The summed E-state index contributed by atoms with van der Waals surface area (Å²) in [5, 5.41) is 0. The number of hydrogen-bond donors (Lipinski definition) is 0. The van der Waals surface area contributed by atoms with E-state index in [2.05, 4.69) is 13.5 Å². The van der Waals surface area contributed by atoms with Gasteiger partial charge in [0.1, 0.15) is 5.60 Å². The van der Waals surface area contributed by atoms with Crippen LogP contribution in [-0.4, -0.2) is 11.6 Å². The monoisotopic (exact) mass is 250 g/mol. The average Bonchev–Trinajstić information content (AvgIpc) is 2.38. The lowest BCUT2D eigenvalue weighted by Gasteiger charge is -2.45. The Labute approximate surface area is 111 Å². The molecule has 0 aromatic heterocycles. The van der Waals surface area contributed by atoms with Gasteiger partial charge in [0.15, 0.2) is 0 Å². The number of ether oxygens (including phenoxy) is 1. The molecule has 0 aromatic carbocycles. The van der Waals surface area contributed by atoms with Crippen molar-refractivity contribution in [2.45, 2.75) is 70.8 Å². The quantitative estimate of drug-likeness (QED) is 0.553. The Bertz CT molecular complexity index is 334. The molecular formula is C16H26O2. The van der Waals surface area contributed by atoms with Crippen molar-refractivity contribution in [2.75, 3.05) is 0 Å². The van der Waals surface area contributed by atoms with Gasteiger partial charge < -0.3 is 4.74 Å². The first kappa shape index (κ1) is 13.6. The molecule has 2 heteroatoms. The fourth-order valence-corrected chi connectivity index (χ4v) is 3.73. The molecule has 0 amide bonds. The van der Waals surface area contributed by atoms with E-state index in [1.807, 2.05) is 0 Å². The molecule has 2 rings (SSSR count). The molecule has 2 nitrogen and oxygen atoms in total. The molecule has 2 saturated carbocycles. The van der Waals surface area contributed by atoms with Gasteiger partial charge in [-0.15, -0.1) is 0 Å². The maximum Gasteiger partial charge on any atom is 0.333 e. The van der Waals surface area contributed by atoms with Gasteiger partial charge in [-0.05, 0) is 44.4 Å². The predicted molar refractivity (Wildman–Crippen MR) is 73.2 cm³/mol. The van der Waals surface area contributed by atoms with Crippen molar-refractivity contribution >= 4 is 5.97 Å². The molecular weight excluding hydrogens is 224 g/mol. The topological polar surface area (TPSA) is 26.3 Å². The van der Waals surface area contributed by atoms with E-state index in [4.69, 9.17) is 4.74 Å². The zero-order valence-corrected chi connectivity index (χ0v) is 11.8. The van der Waals surface area contributed by atoms with E-state index in [-0.39, 0.29) is 11.6 Å². The Morgan fingerprint density at radius 3 is 2.56 bits per heavy atom. The lowest BCUT2D eigenvalue weighted by Crippen LogP contribution is -2.43. The first-order valence-corrected chi connectivity index (χ1v) is 7.45. The molecule has 102 valence electrons. The first-order valence-electron chi connectivity index (χ1n) is 7.45. The normalized spacial score (nSPS) is 35.7. The Morgan fingerprint density at radius 1 is 1.28 bits per heavy atom. The summed E-state index contributed by atoms with van der Waals surface area (Å²) < 4.78 is 5.80. The van der Waals surface area contributed by atoms with Crippen LogP contribution in [0.25, 0.3) is 0 Å². The summed E-state index contributed by atoms with van der Waals surface area (Å²) in [6, 6.07) is 0. The summed E-state index contributed by atoms with van der Waals surface area (Å²) in [6.45, 7) is 7.57. The van der Waals surface area contributed by atoms with Gasteiger partial charge in [0.2, 0.25) is 0 Å². The molecule has 0 spiro atoms. The predicted octanol–water partition coefficient (Wildman–Crippen LogP) is 4.24. The highest BCUT2D eigenvalue weighted by atomic mass is 16.6. The van der Waals surface area contributed by atoms with E-state index >= 15 is 0 Å². The summed E-state index contributed by atoms with van der Waals surface area (Å²) in [6.07, 6.45) is 9.77. The highest BCUT2D eigenvalue weighted by molar-refractivity contribution is 5.87. The number of rotatable bonds is 3. The van der Waals surface area contributed by atoms with E-state index in [1.165, 1.54) is 32.1 Å². The average molecular weight is 250 g/mol. The van der Waals surface area contributed by atoms with Crippen LogP contribution >= 0.6 is 0 Å². The molecule has 0 saturated heterocycles. The number of esters is 1. The van der Waals surface area contributed by atoms with Crippen molar-refractivity contribution < 1.29 is 9.53 Å². The third kappa shape index (κ3) is 2.78. The molecule has 0 radical (unpaired) electrons. The molecule has 3 unspecified atom stereocenters. The molecule has 2 aliphatic carbocycles. The second-order valence-corrected chi connectivity index (χ2v) is 6.25. The highest BCUT2D eigenvalue weighted by Gasteiger charge is 2.43. The minimum absolute atomic E-state index is 0.200. The molecule has 0 N–H and O–H groups in total. The molecule has 0 aromatic rings. The van der Waals surface area contributed by atoms with Crippen LogP contribution in [0.2, 0.25) is 0 Å². The zero-order chi connectivity index (χ0) is 13.2. The second-order valence-electron chi connectivity index (χ2n) is 6.25. The van der Waals surface area contributed by atoms with Gasteiger partial charge in [-0.3, -0.25) is 0 Å². The molecule has 2 fully saturated rings. The third-order valence-corrected chi connectivity index (χ3v) is 4.97. The smallest absolute Gasteiger partial charge is 0.333 e. The highest BCUT2D eigenvalue weighted by Crippen LogP contribution is 2.47. The summed E-state index contributed by atoms with van der Waals surface area (Å²) in [5.41, 5.74) is 0.322. The van der Waals surface area contributed by atoms with E-state index in [1.54, 1.807) is 6.92 Å². The van der Waals surface area contributed by atoms with Crippen LogP contribution in [0.1, 0.15) is 65.2 Å². The number of carbonyl (C=O) groups excluding carboxylic acids is 1. The van der Waals surface area contributed by atoms with Gasteiger partial charge >= 0.3 is 5.97 Å². The van der Waals surface area contributed by atoms with Crippen LogP contribution in [0.4, 0.5) is 0 Å². The van der Waals surface area contributed by atoms with E-state index < -0.39 is 0 Å². The SMILES string of the molecule is C=C(C)C(=O)OC1(CC)CCC2CCCCC2C1. The molecule has 0 aliphatic heterocycles. The van der Waals surface area contributed by atoms with Crippen molar-refractivity contribution in [2.24, 2.45) is 11.8 Å². The Morgan fingerprint density at radius 2 is 1.94 bits per heavy atom. The summed E-state index contributed by atoms with van der Waals surface area (Å²) in [7, 11) is 0. The maximum absolute atomic E-state index is 11.8. The lowest BCUT2D eigenvalue weighted by molar-refractivity contribution is -0.163. The molecule has 3 atom stereocenters. The van der Waals surface area contributed by atoms with Crippen molar-refractivity contribution in [1.82, 2.24) is 0 Å². The van der Waals surface area contributed by atoms with Crippen LogP contribution < -0.4 is 0 Å². The Kier molecular flexibility index (Phi) is 4.14. The number of carbonyl (C=O) groups is 1. The molecule has 0 bridgehead atoms. The van der Waals surface area contributed by atoms with Gasteiger partial charge in [0, 0.05) is 5.57 Å². The Hall–Kier alpha value is -0.790. The second kappa shape index (κ2) is 5.46. The zero-order valence-electron chi connectivity index (χ0n) is 11.8. The van der Waals surface area contributed by atoms with Crippen LogP contribution in [0, 0.1) is 11.8 Å². The van der Waals surface area contributed by atoms with Crippen LogP contribution in [0.15, 0.2) is 12.2 Å². The fraction of sp³-hybridized carbons (Fsp3) is 0.812. The van der Waals surface area contributed by atoms with Crippen molar-refractivity contribution in [3.05, 3.63) is 12.2 Å². The van der Waals surface area contributed by atoms with Gasteiger partial charge in [-0.25, -0.2) is 4.79 Å². The number of fused-ring (bicyclic) bond motifs is 1. The van der Waals surface area contributed by atoms with Crippen molar-refractivity contribution in [3.8, 4) is 0 Å². The van der Waals surface area contributed by atoms with Crippen LogP contribution in [0.5, 0.6) is 0 Å². The summed E-state index contributed by atoms with van der Waals surface area (Å²) in [5.74, 6) is 1.47. The van der Waals surface area contributed by atoms with E-state index in [9.17, 15) is 4.79 Å². The van der Waals surface area contributed by atoms with E-state index in [0.29, 0.717) is 5.57 Å². The van der Waals surface area contributed by atoms with Crippen molar-refractivity contribution in [1.29, 1.82) is 0 Å². The third-order valence-electron chi connectivity index (χ3n) is 4.97. The van der Waals surface area contributed by atoms with Gasteiger partial charge in [0.25, 0.3) is 0 Å². The van der Waals surface area contributed by atoms with Crippen LogP contribution in [0.3, 0.4) is 0 Å². The summed E-state index contributed by atoms with van der Waals surface area (Å²) >= 11 is 0. The fourth-order valence-electron chi connectivity index (χ4n) is 3.73. The Balaban J connectivity index is 2.04. The minimum Gasteiger partial charge on any atom is -0.456 e.